The van der Waals surface area contributed by atoms with Gasteiger partial charge in [0.1, 0.15) is 5.51 Å². The Bertz CT molecular complexity index is 515. The van der Waals surface area contributed by atoms with Gasteiger partial charge < -0.3 is 4.90 Å². The first-order chi connectivity index (χ1) is 9.75. The quantitative estimate of drug-likeness (QED) is 0.832. The summed E-state index contributed by atoms with van der Waals surface area (Å²) in [5, 5.41) is 10.7. The number of hydrogen-bond acceptors (Lipinski definition) is 4. The normalized spacial score (nSPS) is 10.2. The minimum atomic E-state index is -0.138. The summed E-state index contributed by atoms with van der Waals surface area (Å²) >= 11 is 1.31. The third-order valence-electron chi connectivity index (χ3n) is 2.97. The monoisotopic (exact) mass is 290 g/mol. The van der Waals surface area contributed by atoms with Crippen LogP contribution < -0.4 is 5.32 Å². The molecule has 0 spiro atoms. The summed E-state index contributed by atoms with van der Waals surface area (Å²) in [7, 11) is 1.79. The second kappa shape index (κ2) is 7.59. The molecule has 0 unspecified atom stereocenters. The second-order valence-corrected chi connectivity index (χ2v) is 5.37. The average molecular weight is 290 g/mol. The van der Waals surface area contributed by atoms with Crippen molar-refractivity contribution in [1.29, 1.82) is 0 Å². The molecule has 5 nitrogen and oxygen atoms in total. The molecule has 6 heteroatoms. The number of unbranched alkanes of at least 4 members (excludes halogenated alkanes) is 1. The summed E-state index contributed by atoms with van der Waals surface area (Å²) in [6.45, 7) is 0.734. The highest BCUT2D eigenvalue weighted by Crippen LogP contribution is 2.09. The number of nitrogens with zero attached hydrogens (tertiary/aromatic N) is 3. The Hall–Kier alpha value is -1.95. The van der Waals surface area contributed by atoms with E-state index in [4.69, 9.17) is 0 Å². The van der Waals surface area contributed by atoms with Crippen LogP contribution in [0.25, 0.3) is 0 Å². The number of nitrogens with one attached hydrogen (secondary N) is 1. The maximum absolute atomic E-state index is 11.8. The van der Waals surface area contributed by atoms with Crippen molar-refractivity contribution in [3.63, 3.8) is 0 Å². The Kier molecular flexibility index (Phi) is 5.49. The van der Waals surface area contributed by atoms with Gasteiger partial charge in [-0.15, -0.1) is 10.2 Å². The highest BCUT2D eigenvalue weighted by atomic mass is 32.1. The van der Waals surface area contributed by atoms with Crippen LogP contribution in [0.2, 0.25) is 0 Å². The average Bonchev–Trinajstić information content (AvgIpc) is 2.97. The van der Waals surface area contributed by atoms with Gasteiger partial charge in [0.05, 0.1) is 0 Å². The zero-order chi connectivity index (χ0) is 14.2. The number of benzene rings is 1. The Morgan fingerprint density at radius 1 is 1.30 bits per heavy atom. The predicted molar refractivity (Wildman–Crippen MR) is 80.9 cm³/mol. The number of amides is 2. The van der Waals surface area contributed by atoms with E-state index in [1.54, 1.807) is 17.5 Å². The SMILES string of the molecule is CN(CCCCc1ccccc1)C(=O)Nc1nncs1. The van der Waals surface area contributed by atoms with Gasteiger partial charge in [-0.25, -0.2) is 4.79 Å². The zero-order valence-electron chi connectivity index (χ0n) is 11.5. The van der Waals surface area contributed by atoms with Crippen LogP contribution in [0.1, 0.15) is 18.4 Å². The lowest BCUT2D eigenvalue weighted by Gasteiger charge is -2.16. The van der Waals surface area contributed by atoms with E-state index >= 15 is 0 Å². The summed E-state index contributed by atoms with van der Waals surface area (Å²) in [4.78, 5) is 13.5. The summed E-state index contributed by atoms with van der Waals surface area (Å²) in [5.74, 6) is 0. The molecule has 2 aromatic rings. The highest BCUT2D eigenvalue weighted by molar-refractivity contribution is 7.13. The lowest BCUT2D eigenvalue weighted by Crippen LogP contribution is -2.32. The minimum absolute atomic E-state index is 0.138. The Labute approximate surface area is 122 Å². The molecule has 0 fully saturated rings. The topological polar surface area (TPSA) is 58.1 Å². The molecule has 106 valence electrons. The first-order valence-corrected chi connectivity index (χ1v) is 7.46. The lowest BCUT2D eigenvalue weighted by molar-refractivity contribution is 0.221. The number of aryl methyl sites for hydroxylation is 1. The predicted octanol–water partition coefficient (Wildman–Crippen LogP) is 3.02. The Balaban J connectivity index is 1.64. The minimum Gasteiger partial charge on any atom is -0.328 e. The van der Waals surface area contributed by atoms with Crippen LogP contribution >= 0.6 is 11.3 Å². The van der Waals surface area contributed by atoms with Crippen molar-refractivity contribution in [3.05, 3.63) is 41.4 Å². The van der Waals surface area contributed by atoms with Crippen molar-refractivity contribution < 1.29 is 4.79 Å². The van der Waals surface area contributed by atoms with Crippen LogP contribution in [0.15, 0.2) is 35.8 Å². The fourth-order valence-corrected chi connectivity index (χ4v) is 2.27. The van der Waals surface area contributed by atoms with E-state index in [-0.39, 0.29) is 6.03 Å². The van der Waals surface area contributed by atoms with E-state index in [0.717, 1.165) is 25.8 Å². The second-order valence-electron chi connectivity index (χ2n) is 4.54. The van der Waals surface area contributed by atoms with E-state index in [1.807, 2.05) is 6.07 Å². The number of aromatic nitrogens is 2. The number of urea groups is 1. The Morgan fingerprint density at radius 2 is 2.10 bits per heavy atom. The molecule has 1 aromatic carbocycles. The van der Waals surface area contributed by atoms with Crippen LogP contribution in [0, 0.1) is 0 Å². The standard InChI is InChI=1S/C14H18N4OS/c1-18(14(19)16-13-17-15-11-20-13)10-6-5-9-12-7-3-2-4-8-12/h2-4,7-8,11H,5-6,9-10H2,1H3,(H,16,17,19). The van der Waals surface area contributed by atoms with Gasteiger partial charge in [-0.2, -0.15) is 0 Å². The van der Waals surface area contributed by atoms with Crippen LogP contribution in [-0.4, -0.2) is 34.7 Å². The van der Waals surface area contributed by atoms with Gasteiger partial charge in [0.2, 0.25) is 5.13 Å². The molecular weight excluding hydrogens is 272 g/mol. The molecule has 0 bridgehead atoms. The molecule has 0 saturated heterocycles. The number of carbonyl (C=O) groups excluding carboxylic acids is 1. The van der Waals surface area contributed by atoms with Gasteiger partial charge in [-0.1, -0.05) is 41.7 Å². The molecule has 1 N–H and O–H groups in total. The summed E-state index contributed by atoms with van der Waals surface area (Å²) < 4.78 is 0. The third-order valence-corrected chi connectivity index (χ3v) is 3.58. The van der Waals surface area contributed by atoms with Gasteiger partial charge in [0, 0.05) is 13.6 Å². The molecule has 0 aliphatic rings. The first kappa shape index (κ1) is 14.5. The molecule has 0 aliphatic carbocycles. The van der Waals surface area contributed by atoms with Crippen LogP contribution in [-0.2, 0) is 6.42 Å². The summed E-state index contributed by atoms with van der Waals surface area (Å²) in [5.41, 5.74) is 2.93. The molecule has 0 aliphatic heterocycles. The van der Waals surface area contributed by atoms with Gasteiger partial charge in [0.25, 0.3) is 0 Å². The van der Waals surface area contributed by atoms with Gasteiger partial charge in [0.15, 0.2) is 0 Å². The van der Waals surface area contributed by atoms with E-state index in [9.17, 15) is 4.79 Å². The third kappa shape index (κ3) is 4.62. The van der Waals surface area contributed by atoms with E-state index < -0.39 is 0 Å². The van der Waals surface area contributed by atoms with Crippen LogP contribution in [0.4, 0.5) is 9.93 Å². The van der Waals surface area contributed by atoms with Gasteiger partial charge >= 0.3 is 6.03 Å². The fraction of sp³-hybridized carbons (Fsp3) is 0.357. The molecule has 0 saturated carbocycles. The largest absolute Gasteiger partial charge is 0.328 e. The number of rotatable bonds is 6. The molecular formula is C14H18N4OS. The Morgan fingerprint density at radius 3 is 2.80 bits per heavy atom. The smallest absolute Gasteiger partial charge is 0.323 e. The molecule has 1 heterocycles. The van der Waals surface area contributed by atoms with E-state index in [1.165, 1.54) is 16.9 Å². The van der Waals surface area contributed by atoms with E-state index in [2.05, 4.69) is 39.8 Å². The molecule has 20 heavy (non-hydrogen) atoms. The maximum atomic E-state index is 11.8. The summed E-state index contributed by atoms with van der Waals surface area (Å²) in [6, 6.07) is 10.3. The number of hydrogen-bond donors (Lipinski definition) is 1. The van der Waals surface area contributed by atoms with E-state index in [0.29, 0.717) is 5.13 Å². The molecule has 0 radical (unpaired) electrons. The van der Waals surface area contributed by atoms with Crippen molar-refractivity contribution in [2.75, 3.05) is 18.9 Å². The first-order valence-electron chi connectivity index (χ1n) is 6.58. The molecule has 0 atom stereocenters. The number of carbonyl (C=O) groups is 1. The van der Waals surface area contributed by atoms with Crippen molar-refractivity contribution in [1.82, 2.24) is 15.1 Å². The maximum Gasteiger partial charge on any atom is 0.323 e. The molecule has 1 aromatic heterocycles. The molecule has 2 amide bonds. The van der Waals surface area contributed by atoms with Gasteiger partial charge in [-0.3, -0.25) is 5.32 Å². The van der Waals surface area contributed by atoms with Crippen molar-refractivity contribution in [3.8, 4) is 0 Å². The van der Waals surface area contributed by atoms with Crippen LogP contribution in [0.3, 0.4) is 0 Å². The molecule has 2 rings (SSSR count). The fourth-order valence-electron chi connectivity index (χ4n) is 1.84. The highest BCUT2D eigenvalue weighted by Gasteiger charge is 2.09. The zero-order valence-corrected chi connectivity index (χ0v) is 12.3. The number of anilines is 1. The van der Waals surface area contributed by atoms with Gasteiger partial charge in [-0.05, 0) is 24.8 Å². The lowest BCUT2D eigenvalue weighted by atomic mass is 10.1. The summed E-state index contributed by atoms with van der Waals surface area (Å²) in [6.07, 6.45) is 3.10. The van der Waals surface area contributed by atoms with Crippen LogP contribution in [0.5, 0.6) is 0 Å². The van der Waals surface area contributed by atoms with Crippen molar-refractivity contribution >= 4 is 22.5 Å². The van der Waals surface area contributed by atoms with Crippen molar-refractivity contribution in [2.45, 2.75) is 19.3 Å². The van der Waals surface area contributed by atoms with Crippen molar-refractivity contribution in [2.24, 2.45) is 0 Å².